The number of halogens is 2. The lowest BCUT2D eigenvalue weighted by atomic mass is 9.97. The van der Waals surface area contributed by atoms with E-state index in [1.165, 1.54) is 0 Å². The molecule has 0 aliphatic rings. The largest absolute Gasteiger partial charge is 0.385 e. The first-order chi connectivity index (χ1) is 9.75. The van der Waals surface area contributed by atoms with Gasteiger partial charge in [0.15, 0.2) is 0 Å². The molecular formula is C13H17F2N3O3. The smallest absolute Gasteiger partial charge is 0.351 e. The number of hydrogen-bond donors (Lipinski definition) is 4. The fourth-order valence-corrected chi connectivity index (χ4v) is 1.69. The fourth-order valence-electron chi connectivity index (χ4n) is 1.69. The van der Waals surface area contributed by atoms with Gasteiger partial charge in [-0.1, -0.05) is 30.3 Å². The number of nitrogens with two attached hydrogens (primary N) is 2. The van der Waals surface area contributed by atoms with E-state index < -0.39 is 36.4 Å². The molecule has 0 spiro atoms. The first kappa shape index (κ1) is 17.0. The molecule has 116 valence electrons. The van der Waals surface area contributed by atoms with Gasteiger partial charge >= 0.3 is 5.92 Å². The molecule has 0 aliphatic heterocycles. The molecule has 6 nitrogen and oxygen atoms in total. The number of alkyl halides is 2. The standard InChI is InChI=1S/C13H17F2N3O3/c14-13(15,12(21)18-7-10(17)19)11(20)9(16)6-8-4-2-1-3-5-8/h1-5,9,11,20H,6-7,16H2,(H2,17,19)(H,18,21). The van der Waals surface area contributed by atoms with Gasteiger partial charge in [0.2, 0.25) is 5.91 Å². The summed E-state index contributed by atoms with van der Waals surface area (Å²) in [6, 6.07) is 7.13. The van der Waals surface area contributed by atoms with Gasteiger partial charge in [0.05, 0.1) is 6.54 Å². The molecule has 8 heteroatoms. The molecule has 0 saturated heterocycles. The molecule has 2 atom stereocenters. The van der Waals surface area contributed by atoms with Gasteiger partial charge in [-0.3, -0.25) is 9.59 Å². The number of hydrogen-bond acceptors (Lipinski definition) is 4. The Balaban J connectivity index is 2.68. The molecule has 0 aromatic heterocycles. The highest BCUT2D eigenvalue weighted by atomic mass is 19.3. The van der Waals surface area contributed by atoms with Crippen LogP contribution >= 0.6 is 0 Å². The summed E-state index contributed by atoms with van der Waals surface area (Å²) < 4.78 is 27.4. The van der Waals surface area contributed by atoms with Gasteiger partial charge in [-0.2, -0.15) is 8.78 Å². The van der Waals surface area contributed by atoms with E-state index >= 15 is 0 Å². The van der Waals surface area contributed by atoms with Crippen molar-refractivity contribution in [3.05, 3.63) is 35.9 Å². The molecule has 1 aromatic carbocycles. The molecule has 0 saturated carbocycles. The number of aliphatic hydroxyl groups is 1. The summed E-state index contributed by atoms with van der Waals surface area (Å²) in [6.07, 6.45) is -2.41. The van der Waals surface area contributed by atoms with Crippen molar-refractivity contribution in [2.75, 3.05) is 6.54 Å². The molecule has 0 fully saturated rings. The van der Waals surface area contributed by atoms with E-state index in [0.717, 1.165) is 0 Å². The predicted octanol–water partition coefficient (Wildman–Crippen LogP) is -0.846. The highest BCUT2D eigenvalue weighted by molar-refractivity contribution is 5.88. The number of aliphatic hydroxyl groups excluding tert-OH is 1. The second-order valence-electron chi connectivity index (χ2n) is 4.57. The van der Waals surface area contributed by atoms with Gasteiger partial charge in [-0.05, 0) is 12.0 Å². The van der Waals surface area contributed by atoms with Crippen molar-refractivity contribution >= 4 is 11.8 Å². The molecule has 1 aromatic rings. The van der Waals surface area contributed by atoms with Gasteiger partial charge in [-0.25, -0.2) is 0 Å². The van der Waals surface area contributed by atoms with E-state index in [4.69, 9.17) is 11.5 Å². The molecular weight excluding hydrogens is 284 g/mol. The number of carbonyl (C=O) groups is 2. The van der Waals surface area contributed by atoms with Crippen molar-refractivity contribution in [2.45, 2.75) is 24.5 Å². The first-order valence-electron chi connectivity index (χ1n) is 6.17. The molecule has 2 unspecified atom stereocenters. The molecule has 0 heterocycles. The first-order valence-corrected chi connectivity index (χ1v) is 6.17. The van der Waals surface area contributed by atoms with Crippen LogP contribution in [0.3, 0.4) is 0 Å². The van der Waals surface area contributed by atoms with Crippen molar-refractivity contribution < 1.29 is 23.5 Å². The van der Waals surface area contributed by atoms with Crippen LogP contribution in [0.1, 0.15) is 5.56 Å². The minimum atomic E-state index is -4.12. The summed E-state index contributed by atoms with van der Waals surface area (Å²) in [4.78, 5) is 21.7. The van der Waals surface area contributed by atoms with Crippen LogP contribution in [-0.4, -0.2) is 41.5 Å². The Labute approximate surface area is 120 Å². The number of rotatable bonds is 7. The van der Waals surface area contributed by atoms with Crippen molar-refractivity contribution in [3.8, 4) is 0 Å². The normalized spacial score (nSPS) is 14.3. The Morgan fingerprint density at radius 3 is 2.38 bits per heavy atom. The summed E-state index contributed by atoms with van der Waals surface area (Å²) in [5.41, 5.74) is 10.9. The SMILES string of the molecule is NC(=O)CNC(=O)C(F)(F)C(O)C(N)Cc1ccccc1. The third-order valence-electron chi connectivity index (χ3n) is 2.82. The number of amides is 2. The summed E-state index contributed by atoms with van der Waals surface area (Å²) in [6.45, 7) is -0.741. The van der Waals surface area contributed by atoms with Crippen molar-refractivity contribution in [1.29, 1.82) is 0 Å². The molecule has 0 aliphatic carbocycles. The summed E-state index contributed by atoms with van der Waals surface area (Å²) in [7, 11) is 0. The number of nitrogens with one attached hydrogen (secondary N) is 1. The topological polar surface area (TPSA) is 118 Å². The van der Waals surface area contributed by atoms with E-state index in [2.05, 4.69) is 0 Å². The second kappa shape index (κ2) is 7.09. The number of carbonyl (C=O) groups excluding carboxylic acids is 2. The van der Waals surface area contributed by atoms with Crippen LogP contribution in [0.2, 0.25) is 0 Å². The number of primary amides is 1. The van der Waals surface area contributed by atoms with E-state index in [-0.39, 0.29) is 6.42 Å². The highest BCUT2D eigenvalue weighted by Gasteiger charge is 2.49. The Kier molecular flexibility index (Phi) is 5.74. The summed E-state index contributed by atoms with van der Waals surface area (Å²) in [5.74, 6) is -6.89. The van der Waals surface area contributed by atoms with Gasteiger partial charge < -0.3 is 21.9 Å². The van der Waals surface area contributed by atoms with Gasteiger partial charge in [0.25, 0.3) is 5.91 Å². The zero-order chi connectivity index (χ0) is 16.0. The maximum atomic E-state index is 13.7. The van der Waals surface area contributed by atoms with Gasteiger partial charge in [0.1, 0.15) is 6.10 Å². The van der Waals surface area contributed by atoms with Crippen LogP contribution in [-0.2, 0) is 16.0 Å². The quantitative estimate of drug-likeness (QED) is 0.525. The van der Waals surface area contributed by atoms with Crippen molar-refractivity contribution in [2.24, 2.45) is 11.5 Å². The van der Waals surface area contributed by atoms with E-state index in [1.54, 1.807) is 35.6 Å². The maximum absolute atomic E-state index is 13.7. The van der Waals surface area contributed by atoms with Crippen LogP contribution in [0.15, 0.2) is 30.3 Å². The Bertz CT molecular complexity index is 497. The molecule has 0 bridgehead atoms. The predicted molar refractivity (Wildman–Crippen MR) is 71.3 cm³/mol. The summed E-state index contributed by atoms with van der Waals surface area (Å²) in [5, 5.41) is 11.2. The maximum Gasteiger partial charge on any atom is 0.351 e. The number of benzene rings is 1. The van der Waals surface area contributed by atoms with E-state index in [1.807, 2.05) is 0 Å². The second-order valence-corrected chi connectivity index (χ2v) is 4.57. The van der Waals surface area contributed by atoms with Crippen LogP contribution in [0.25, 0.3) is 0 Å². The molecule has 6 N–H and O–H groups in total. The van der Waals surface area contributed by atoms with E-state index in [0.29, 0.717) is 5.56 Å². The van der Waals surface area contributed by atoms with Crippen molar-refractivity contribution in [3.63, 3.8) is 0 Å². The molecule has 2 amide bonds. The fraction of sp³-hybridized carbons (Fsp3) is 0.385. The lowest BCUT2D eigenvalue weighted by molar-refractivity contribution is -0.166. The Morgan fingerprint density at radius 1 is 1.29 bits per heavy atom. The molecule has 0 radical (unpaired) electrons. The lowest BCUT2D eigenvalue weighted by Crippen LogP contribution is -2.56. The van der Waals surface area contributed by atoms with Crippen LogP contribution < -0.4 is 16.8 Å². The average molecular weight is 301 g/mol. The zero-order valence-corrected chi connectivity index (χ0v) is 11.1. The minimum absolute atomic E-state index is 0.0271. The minimum Gasteiger partial charge on any atom is -0.385 e. The van der Waals surface area contributed by atoms with Gasteiger partial charge in [0, 0.05) is 6.04 Å². The van der Waals surface area contributed by atoms with Gasteiger partial charge in [-0.15, -0.1) is 0 Å². The summed E-state index contributed by atoms with van der Waals surface area (Å²) >= 11 is 0. The third kappa shape index (κ3) is 4.76. The highest BCUT2D eigenvalue weighted by Crippen LogP contribution is 2.22. The lowest BCUT2D eigenvalue weighted by Gasteiger charge is -2.26. The van der Waals surface area contributed by atoms with Crippen molar-refractivity contribution in [1.82, 2.24) is 5.32 Å². The Morgan fingerprint density at radius 2 is 1.86 bits per heavy atom. The van der Waals surface area contributed by atoms with E-state index in [9.17, 15) is 23.5 Å². The zero-order valence-electron chi connectivity index (χ0n) is 11.1. The monoisotopic (exact) mass is 301 g/mol. The Hall–Kier alpha value is -2.06. The third-order valence-corrected chi connectivity index (χ3v) is 2.82. The molecule has 1 rings (SSSR count). The molecule has 21 heavy (non-hydrogen) atoms. The average Bonchev–Trinajstić information content (AvgIpc) is 2.44. The van der Waals surface area contributed by atoms with Crippen LogP contribution in [0, 0.1) is 0 Å². The van der Waals surface area contributed by atoms with Crippen LogP contribution in [0.5, 0.6) is 0 Å². The van der Waals surface area contributed by atoms with Crippen LogP contribution in [0.4, 0.5) is 8.78 Å².